The lowest BCUT2D eigenvalue weighted by molar-refractivity contribution is -0.0874. The normalized spacial score (nSPS) is 23.8. The molecule has 4 unspecified atom stereocenters. The minimum Gasteiger partial charge on any atom is -0.459 e. The molecular weight excluding hydrogens is 228 g/mol. The van der Waals surface area contributed by atoms with Gasteiger partial charge in [0.05, 0.1) is 0 Å². The second-order valence-corrected chi connectivity index (χ2v) is 5.51. The van der Waals surface area contributed by atoms with Gasteiger partial charge in [0.25, 0.3) is 0 Å². The Hall–Kier alpha value is -0.700. The van der Waals surface area contributed by atoms with Crippen molar-refractivity contribution in [1.82, 2.24) is 0 Å². The number of aliphatic hydroxyl groups is 1. The highest BCUT2D eigenvalue weighted by molar-refractivity contribution is 4.93. The monoisotopic (exact) mass is 256 g/mol. The molecule has 4 atom stereocenters. The first kappa shape index (κ1) is 15.4. The van der Waals surface area contributed by atoms with E-state index in [0.717, 1.165) is 25.2 Å². The molecule has 1 aliphatic heterocycles. The van der Waals surface area contributed by atoms with E-state index in [9.17, 15) is 0 Å². The average molecular weight is 256 g/mol. The highest BCUT2D eigenvalue weighted by Crippen LogP contribution is 2.32. The molecule has 0 aromatic carbocycles. The van der Waals surface area contributed by atoms with Crippen LogP contribution in [-0.4, -0.2) is 18.0 Å². The quantitative estimate of drug-likeness (QED) is 0.720. The van der Waals surface area contributed by atoms with E-state index in [2.05, 4.69) is 27.7 Å². The van der Waals surface area contributed by atoms with Crippen molar-refractivity contribution in [2.75, 3.05) is 6.61 Å². The lowest BCUT2D eigenvalue weighted by atomic mass is 9.83. The van der Waals surface area contributed by atoms with Gasteiger partial charge in [0.15, 0.2) is 5.76 Å². The fraction of sp³-hybridized carbons (Fsp3) is 0.867. The van der Waals surface area contributed by atoms with E-state index in [-0.39, 0.29) is 12.9 Å². The van der Waals surface area contributed by atoms with E-state index in [4.69, 9.17) is 14.6 Å². The van der Waals surface area contributed by atoms with Gasteiger partial charge in [-0.2, -0.15) is 0 Å². The second-order valence-electron chi connectivity index (χ2n) is 5.51. The van der Waals surface area contributed by atoms with Crippen molar-refractivity contribution in [3.8, 4) is 0 Å². The summed E-state index contributed by atoms with van der Waals surface area (Å²) >= 11 is 0. The largest absolute Gasteiger partial charge is 0.459 e. The van der Waals surface area contributed by atoms with E-state index in [0.29, 0.717) is 17.6 Å². The van der Waals surface area contributed by atoms with E-state index in [1.807, 2.05) is 0 Å². The molecule has 1 N–H and O–H groups in total. The molecule has 106 valence electrons. The van der Waals surface area contributed by atoms with Gasteiger partial charge in [-0.25, -0.2) is 0 Å². The third-order valence-corrected chi connectivity index (χ3v) is 4.09. The molecule has 3 nitrogen and oxygen atoms in total. The van der Waals surface area contributed by atoms with Crippen LogP contribution in [0.15, 0.2) is 12.0 Å². The Labute approximate surface area is 111 Å². The Bertz CT molecular complexity index is 262. The van der Waals surface area contributed by atoms with Crippen LogP contribution in [0, 0.1) is 17.8 Å². The van der Waals surface area contributed by atoms with E-state index in [1.54, 1.807) is 6.26 Å². The summed E-state index contributed by atoms with van der Waals surface area (Å²) < 4.78 is 11.2. The highest BCUT2D eigenvalue weighted by Gasteiger charge is 2.30. The van der Waals surface area contributed by atoms with Crippen LogP contribution in [-0.2, 0) is 9.47 Å². The van der Waals surface area contributed by atoms with Gasteiger partial charge in [-0.05, 0) is 24.7 Å². The maximum atomic E-state index is 9.03. The number of rotatable bonds is 8. The van der Waals surface area contributed by atoms with Crippen molar-refractivity contribution in [2.45, 2.75) is 59.7 Å². The molecule has 0 saturated heterocycles. The molecule has 0 saturated carbocycles. The molecule has 1 rings (SSSR count). The smallest absolute Gasteiger partial charge is 0.243 e. The molecule has 0 bridgehead atoms. The van der Waals surface area contributed by atoms with Crippen molar-refractivity contribution in [3.63, 3.8) is 0 Å². The predicted molar refractivity (Wildman–Crippen MR) is 72.8 cm³/mol. The highest BCUT2D eigenvalue weighted by atomic mass is 16.7. The van der Waals surface area contributed by atoms with Gasteiger partial charge in [0.1, 0.15) is 12.9 Å². The number of aliphatic hydroxyl groups excluding tert-OH is 1. The Morgan fingerprint density at radius 2 is 2.00 bits per heavy atom. The second kappa shape index (κ2) is 7.67. The summed E-state index contributed by atoms with van der Waals surface area (Å²) in [5, 5.41) is 9.03. The fourth-order valence-corrected chi connectivity index (χ4v) is 2.48. The van der Waals surface area contributed by atoms with Crippen molar-refractivity contribution >= 4 is 0 Å². The van der Waals surface area contributed by atoms with Crippen molar-refractivity contribution in [1.29, 1.82) is 0 Å². The molecule has 1 aliphatic rings. The van der Waals surface area contributed by atoms with E-state index >= 15 is 0 Å². The first-order valence-corrected chi connectivity index (χ1v) is 7.24. The Balaban J connectivity index is 2.50. The predicted octanol–water partition coefficient (Wildman–Crippen LogP) is 3.68. The van der Waals surface area contributed by atoms with E-state index < -0.39 is 0 Å². The van der Waals surface area contributed by atoms with Gasteiger partial charge >= 0.3 is 0 Å². The number of hydrogen-bond acceptors (Lipinski definition) is 3. The van der Waals surface area contributed by atoms with Gasteiger partial charge in [0, 0.05) is 5.92 Å². The van der Waals surface area contributed by atoms with E-state index in [1.165, 1.54) is 6.42 Å². The molecule has 0 amide bonds. The van der Waals surface area contributed by atoms with Crippen LogP contribution in [0.3, 0.4) is 0 Å². The SMILES string of the molecule is CCCC(CC(C)C(C)CC)C1OC=C(CO)O1. The third-order valence-electron chi connectivity index (χ3n) is 4.09. The number of hydrogen-bond donors (Lipinski definition) is 1. The average Bonchev–Trinajstić information content (AvgIpc) is 2.85. The molecule has 1 heterocycles. The minimum absolute atomic E-state index is 0.0732. The zero-order valence-electron chi connectivity index (χ0n) is 12.2. The fourth-order valence-electron chi connectivity index (χ4n) is 2.48. The molecule has 3 heteroatoms. The lowest BCUT2D eigenvalue weighted by Crippen LogP contribution is -2.25. The van der Waals surface area contributed by atoms with Gasteiger partial charge in [-0.3, -0.25) is 0 Å². The van der Waals surface area contributed by atoms with Crippen molar-refractivity contribution < 1.29 is 14.6 Å². The van der Waals surface area contributed by atoms with Crippen LogP contribution in [0.1, 0.15) is 53.4 Å². The summed E-state index contributed by atoms with van der Waals surface area (Å²) in [5.41, 5.74) is 0. The first-order valence-electron chi connectivity index (χ1n) is 7.24. The molecule has 0 aliphatic carbocycles. The van der Waals surface area contributed by atoms with Gasteiger partial charge in [-0.15, -0.1) is 0 Å². The van der Waals surface area contributed by atoms with Gasteiger partial charge in [-0.1, -0.05) is 40.5 Å². The standard InChI is InChI=1S/C15H28O3/c1-5-7-13(8-12(4)11(3)6-2)15-17-10-14(9-16)18-15/h10-13,15-16H,5-9H2,1-4H3. The summed E-state index contributed by atoms with van der Waals surface area (Å²) in [7, 11) is 0. The van der Waals surface area contributed by atoms with Crippen LogP contribution < -0.4 is 0 Å². The molecule has 0 fully saturated rings. The van der Waals surface area contributed by atoms with Crippen LogP contribution in [0.4, 0.5) is 0 Å². The third kappa shape index (κ3) is 4.20. The summed E-state index contributed by atoms with van der Waals surface area (Å²) in [6, 6.07) is 0. The first-order chi connectivity index (χ1) is 8.62. The van der Waals surface area contributed by atoms with Gasteiger partial charge < -0.3 is 14.6 Å². The summed E-state index contributed by atoms with van der Waals surface area (Å²) in [6.07, 6.45) is 5.94. The van der Waals surface area contributed by atoms with Crippen molar-refractivity contribution in [3.05, 3.63) is 12.0 Å². The molecule has 18 heavy (non-hydrogen) atoms. The zero-order chi connectivity index (χ0) is 13.5. The molecule has 0 aromatic heterocycles. The Morgan fingerprint density at radius 3 is 2.50 bits per heavy atom. The van der Waals surface area contributed by atoms with Crippen LogP contribution >= 0.6 is 0 Å². The van der Waals surface area contributed by atoms with Crippen LogP contribution in [0.5, 0.6) is 0 Å². The molecule has 0 radical (unpaired) electrons. The lowest BCUT2D eigenvalue weighted by Gasteiger charge is -2.27. The maximum absolute atomic E-state index is 9.03. The van der Waals surface area contributed by atoms with Crippen LogP contribution in [0.25, 0.3) is 0 Å². The van der Waals surface area contributed by atoms with Crippen molar-refractivity contribution in [2.24, 2.45) is 17.8 Å². The topological polar surface area (TPSA) is 38.7 Å². The summed E-state index contributed by atoms with van der Waals surface area (Å²) in [6.45, 7) is 8.98. The van der Waals surface area contributed by atoms with Gasteiger partial charge in [0.2, 0.25) is 6.29 Å². The summed E-state index contributed by atoms with van der Waals surface area (Å²) in [5.74, 6) is 2.38. The Kier molecular flexibility index (Phi) is 6.55. The summed E-state index contributed by atoms with van der Waals surface area (Å²) in [4.78, 5) is 0. The van der Waals surface area contributed by atoms with Crippen LogP contribution in [0.2, 0.25) is 0 Å². The maximum Gasteiger partial charge on any atom is 0.243 e. The minimum atomic E-state index is -0.196. The zero-order valence-corrected chi connectivity index (χ0v) is 12.2. The number of ether oxygens (including phenoxy) is 2. The molecule has 0 spiro atoms. The Morgan fingerprint density at radius 1 is 1.28 bits per heavy atom. The molecular formula is C15H28O3. The molecule has 0 aromatic rings.